The summed E-state index contributed by atoms with van der Waals surface area (Å²) in [7, 11) is 0. The number of hydrogen-bond acceptors (Lipinski definition) is 4. The normalized spacial score (nSPS) is 11.6. The first kappa shape index (κ1) is 24.2. The van der Waals surface area contributed by atoms with E-state index in [0.29, 0.717) is 0 Å². The van der Waals surface area contributed by atoms with E-state index < -0.39 is 5.41 Å². The number of aromatic hydroxyl groups is 4. The smallest absolute Gasteiger partial charge is 0.121 e. The second-order valence-corrected chi connectivity index (χ2v) is 9.67. The molecule has 0 aliphatic heterocycles. The van der Waals surface area contributed by atoms with Crippen LogP contribution in [-0.2, 0) is 5.41 Å². The molecule has 4 aromatic rings. The van der Waals surface area contributed by atoms with Crippen LogP contribution in [0, 0.1) is 41.5 Å². The molecule has 0 bridgehead atoms. The second kappa shape index (κ2) is 8.70. The molecule has 0 radical (unpaired) electrons. The van der Waals surface area contributed by atoms with Gasteiger partial charge in [-0.2, -0.15) is 0 Å². The van der Waals surface area contributed by atoms with Crippen LogP contribution in [0.5, 0.6) is 23.0 Å². The summed E-state index contributed by atoms with van der Waals surface area (Å²) in [4.78, 5) is 0. The molecule has 0 aliphatic carbocycles. The van der Waals surface area contributed by atoms with Gasteiger partial charge in [0.1, 0.15) is 23.0 Å². The minimum atomic E-state index is -0.858. The number of phenolic OH excluding ortho intramolecular Hbond substituents is 4. The van der Waals surface area contributed by atoms with Gasteiger partial charge in [0, 0.05) is 0 Å². The van der Waals surface area contributed by atoms with Crippen LogP contribution in [0.1, 0.15) is 55.6 Å². The van der Waals surface area contributed by atoms with Crippen molar-refractivity contribution in [2.45, 2.75) is 47.0 Å². The number of benzene rings is 4. The summed E-state index contributed by atoms with van der Waals surface area (Å²) in [5, 5.41) is 41.9. The Kier molecular flexibility index (Phi) is 6.02. The maximum atomic E-state index is 10.6. The van der Waals surface area contributed by atoms with Crippen molar-refractivity contribution in [3.05, 3.63) is 116 Å². The molecule has 4 rings (SSSR count). The van der Waals surface area contributed by atoms with Crippen molar-refractivity contribution >= 4 is 0 Å². The molecule has 0 atom stereocenters. The summed E-state index contributed by atoms with van der Waals surface area (Å²) in [6, 6.07) is 19.1. The predicted molar refractivity (Wildman–Crippen MR) is 140 cm³/mol. The quantitative estimate of drug-likeness (QED) is 0.250. The Balaban J connectivity index is 2.27. The molecular formula is C31H32O4. The molecule has 4 N–H and O–H groups in total. The fraction of sp³-hybridized carbons (Fsp3) is 0.226. The van der Waals surface area contributed by atoms with Crippen LogP contribution < -0.4 is 0 Å². The Morgan fingerprint density at radius 3 is 0.914 bits per heavy atom. The first-order chi connectivity index (χ1) is 16.5. The van der Waals surface area contributed by atoms with Crippen LogP contribution in [0.25, 0.3) is 0 Å². The van der Waals surface area contributed by atoms with Crippen molar-refractivity contribution in [1.29, 1.82) is 0 Å². The van der Waals surface area contributed by atoms with Gasteiger partial charge in [-0.05, 0) is 109 Å². The van der Waals surface area contributed by atoms with Crippen LogP contribution in [0.2, 0.25) is 0 Å². The van der Waals surface area contributed by atoms with Crippen molar-refractivity contribution in [2.24, 2.45) is 0 Å². The average Bonchev–Trinajstić information content (AvgIpc) is 2.80. The molecule has 4 aromatic carbocycles. The molecule has 0 unspecified atom stereocenters. The lowest BCUT2D eigenvalue weighted by atomic mass is 9.63. The van der Waals surface area contributed by atoms with Gasteiger partial charge in [0.2, 0.25) is 0 Å². The molecule has 0 spiro atoms. The Morgan fingerprint density at radius 2 is 0.657 bits per heavy atom. The lowest BCUT2D eigenvalue weighted by molar-refractivity contribution is 0.465. The number of phenols is 4. The Labute approximate surface area is 206 Å². The fourth-order valence-electron chi connectivity index (χ4n) is 5.23. The molecule has 0 saturated carbocycles. The van der Waals surface area contributed by atoms with Crippen molar-refractivity contribution < 1.29 is 20.4 Å². The Morgan fingerprint density at radius 1 is 0.400 bits per heavy atom. The van der Waals surface area contributed by atoms with E-state index in [1.165, 1.54) is 0 Å². The number of aryl methyl sites for hydroxylation is 6. The summed E-state index contributed by atoms with van der Waals surface area (Å²) in [6.07, 6.45) is 0. The van der Waals surface area contributed by atoms with Gasteiger partial charge in [-0.3, -0.25) is 0 Å². The third-order valence-corrected chi connectivity index (χ3v) is 7.07. The number of hydrogen-bond donors (Lipinski definition) is 4. The monoisotopic (exact) mass is 468 g/mol. The molecule has 0 fully saturated rings. The lowest BCUT2D eigenvalue weighted by Gasteiger charge is -2.38. The second-order valence-electron chi connectivity index (χ2n) is 9.67. The lowest BCUT2D eigenvalue weighted by Crippen LogP contribution is -2.32. The van der Waals surface area contributed by atoms with Gasteiger partial charge in [-0.1, -0.05) is 48.5 Å². The van der Waals surface area contributed by atoms with Crippen LogP contribution in [0.15, 0.2) is 60.7 Å². The van der Waals surface area contributed by atoms with Gasteiger partial charge in [-0.25, -0.2) is 0 Å². The first-order valence-corrected chi connectivity index (χ1v) is 11.7. The molecule has 0 aromatic heterocycles. The largest absolute Gasteiger partial charge is 0.508 e. The van der Waals surface area contributed by atoms with Crippen LogP contribution in [0.3, 0.4) is 0 Å². The maximum absolute atomic E-state index is 10.6. The predicted octanol–water partition coefficient (Wildman–Crippen LogP) is 6.74. The van der Waals surface area contributed by atoms with Gasteiger partial charge in [0.05, 0.1) is 5.41 Å². The molecule has 0 amide bonds. The molecule has 0 aliphatic rings. The molecule has 0 heterocycles. The molecule has 180 valence electrons. The van der Waals surface area contributed by atoms with E-state index in [1.54, 1.807) is 12.1 Å². The molecule has 4 nitrogen and oxygen atoms in total. The van der Waals surface area contributed by atoms with E-state index in [0.717, 1.165) is 55.6 Å². The van der Waals surface area contributed by atoms with Crippen LogP contribution >= 0.6 is 0 Å². The zero-order valence-corrected chi connectivity index (χ0v) is 21.1. The average molecular weight is 469 g/mol. The van der Waals surface area contributed by atoms with Gasteiger partial charge < -0.3 is 20.4 Å². The molecule has 0 saturated heterocycles. The zero-order chi connectivity index (χ0) is 25.7. The van der Waals surface area contributed by atoms with Gasteiger partial charge >= 0.3 is 0 Å². The highest BCUT2D eigenvalue weighted by Crippen LogP contribution is 2.49. The highest BCUT2D eigenvalue weighted by atomic mass is 16.3. The van der Waals surface area contributed by atoms with E-state index in [1.807, 2.05) is 90.1 Å². The highest BCUT2D eigenvalue weighted by molar-refractivity contribution is 5.65. The molecule has 35 heavy (non-hydrogen) atoms. The highest BCUT2D eigenvalue weighted by Gasteiger charge is 2.40. The zero-order valence-electron chi connectivity index (χ0n) is 21.1. The topological polar surface area (TPSA) is 80.9 Å². The van der Waals surface area contributed by atoms with Crippen molar-refractivity contribution in [2.75, 3.05) is 0 Å². The standard InChI is InChI=1S/C31H32O4/c1-17-11-24(12-18(2)28(17)33)31(23-7-9-27(32)10-8-23,25-13-19(3)29(34)20(4)14-25)26-15-21(5)30(35)22(6)16-26/h7-16,32-35H,1-6H3. The fourth-order valence-corrected chi connectivity index (χ4v) is 5.23. The van der Waals surface area contributed by atoms with Gasteiger partial charge in [0.15, 0.2) is 0 Å². The summed E-state index contributed by atoms with van der Waals surface area (Å²) in [5.41, 5.74) is 7.37. The maximum Gasteiger partial charge on any atom is 0.121 e. The summed E-state index contributed by atoms with van der Waals surface area (Å²) in [6.45, 7) is 11.3. The third-order valence-electron chi connectivity index (χ3n) is 7.07. The third kappa shape index (κ3) is 3.89. The van der Waals surface area contributed by atoms with E-state index in [2.05, 4.69) is 0 Å². The number of rotatable bonds is 4. The summed E-state index contributed by atoms with van der Waals surface area (Å²) >= 11 is 0. The van der Waals surface area contributed by atoms with Gasteiger partial charge in [-0.15, -0.1) is 0 Å². The summed E-state index contributed by atoms with van der Waals surface area (Å²) in [5.74, 6) is 0.926. The van der Waals surface area contributed by atoms with Crippen LogP contribution in [0.4, 0.5) is 0 Å². The SMILES string of the molecule is Cc1cc(C(c2ccc(O)cc2)(c2cc(C)c(O)c(C)c2)c2cc(C)c(O)c(C)c2)cc(C)c1O. The Hall–Kier alpha value is -3.92. The van der Waals surface area contributed by atoms with Crippen molar-refractivity contribution in [3.63, 3.8) is 0 Å². The van der Waals surface area contributed by atoms with E-state index >= 15 is 0 Å². The first-order valence-electron chi connectivity index (χ1n) is 11.7. The van der Waals surface area contributed by atoms with Crippen LogP contribution in [-0.4, -0.2) is 20.4 Å². The molecular weight excluding hydrogens is 436 g/mol. The van der Waals surface area contributed by atoms with E-state index in [-0.39, 0.29) is 23.0 Å². The van der Waals surface area contributed by atoms with E-state index in [9.17, 15) is 20.4 Å². The molecule has 4 heteroatoms. The summed E-state index contributed by atoms with van der Waals surface area (Å²) < 4.78 is 0. The van der Waals surface area contributed by atoms with Crippen molar-refractivity contribution in [1.82, 2.24) is 0 Å². The minimum absolute atomic E-state index is 0.164. The minimum Gasteiger partial charge on any atom is -0.508 e. The Bertz CT molecular complexity index is 1220. The van der Waals surface area contributed by atoms with Crippen molar-refractivity contribution in [3.8, 4) is 23.0 Å². The van der Waals surface area contributed by atoms with E-state index in [4.69, 9.17) is 0 Å². The van der Waals surface area contributed by atoms with Gasteiger partial charge in [0.25, 0.3) is 0 Å².